The number of carboxylic acid groups (broad SMARTS) is 1. The summed E-state index contributed by atoms with van der Waals surface area (Å²) in [4.78, 5) is 18.3. The van der Waals surface area contributed by atoms with Gasteiger partial charge in [-0.15, -0.1) is 11.3 Å². The molecule has 0 aliphatic carbocycles. The Labute approximate surface area is 234 Å². The van der Waals surface area contributed by atoms with E-state index in [0.29, 0.717) is 38.3 Å². The van der Waals surface area contributed by atoms with Gasteiger partial charge in [0.1, 0.15) is 12.4 Å². The SMILES string of the molecule is Cc1ccc(OCc2ccc(-c3ccc(C(F)(F)F)cc3)cc2C)c(-c2csc(N3CCC(C(=O)O)CC3)n2)c1. The van der Waals surface area contributed by atoms with Crippen molar-refractivity contribution in [3.05, 3.63) is 88.3 Å². The zero-order chi connectivity index (χ0) is 28.4. The summed E-state index contributed by atoms with van der Waals surface area (Å²) in [5, 5.41) is 12.2. The minimum atomic E-state index is -4.36. The molecule has 1 aromatic heterocycles. The van der Waals surface area contributed by atoms with Gasteiger partial charge in [0.05, 0.1) is 17.2 Å². The molecule has 0 unspecified atom stereocenters. The highest BCUT2D eigenvalue weighted by Crippen LogP contribution is 2.36. The molecule has 5 rings (SSSR count). The van der Waals surface area contributed by atoms with Crippen LogP contribution in [0, 0.1) is 19.8 Å². The molecule has 9 heteroatoms. The molecule has 3 aromatic carbocycles. The molecule has 0 atom stereocenters. The van der Waals surface area contributed by atoms with Crippen LogP contribution < -0.4 is 9.64 Å². The van der Waals surface area contributed by atoms with Crippen molar-refractivity contribution in [2.45, 2.75) is 39.5 Å². The highest BCUT2D eigenvalue weighted by atomic mass is 32.1. The fourth-order valence-electron chi connectivity index (χ4n) is 4.87. The molecule has 1 saturated heterocycles. The number of aryl methyl sites for hydroxylation is 2. The summed E-state index contributed by atoms with van der Waals surface area (Å²) < 4.78 is 45.0. The molecule has 0 amide bonds. The molecule has 40 heavy (non-hydrogen) atoms. The summed E-state index contributed by atoms with van der Waals surface area (Å²) in [5.41, 5.74) is 5.63. The maximum atomic E-state index is 12.9. The molecule has 1 N–H and O–H groups in total. The van der Waals surface area contributed by atoms with Crippen LogP contribution in [0.5, 0.6) is 5.75 Å². The largest absolute Gasteiger partial charge is 0.488 e. The second-order valence-corrected chi connectivity index (χ2v) is 11.0. The molecule has 0 spiro atoms. The standard InChI is InChI=1S/C31H29F3N2O3S/c1-19-3-10-28(26(15-19)27-18-40-30(35-27)36-13-11-22(12-14-36)29(37)38)39-17-24-5-4-23(16-20(24)2)21-6-8-25(9-7-21)31(32,33)34/h3-10,15-16,18,22H,11-14,17H2,1-2H3,(H,37,38). The van der Waals surface area contributed by atoms with Gasteiger partial charge in [-0.1, -0.05) is 42.0 Å². The predicted molar refractivity (Wildman–Crippen MR) is 151 cm³/mol. The van der Waals surface area contributed by atoms with E-state index in [1.807, 2.05) is 55.6 Å². The zero-order valence-corrected chi connectivity index (χ0v) is 23.0. The maximum Gasteiger partial charge on any atom is 0.416 e. The van der Waals surface area contributed by atoms with Crippen molar-refractivity contribution in [1.82, 2.24) is 4.98 Å². The minimum Gasteiger partial charge on any atom is -0.488 e. The summed E-state index contributed by atoms with van der Waals surface area (Å²) in [6.07, 6.45) is -3.14. The van der Waals surface area contributed by atoms with Crippen molar-refractivity contribution in [2.24, 2.45) is 5.92 Å². The van der Waals surface area contributed by atoms with Crippen molar-refractivity contribution in [3.8, 4) is 28.1 Å². The number of alkyl halides is 3. The Morgan fingerprint density at radius 1 is 1.02 bits per heavy atom. The van der Waals surface area contributed by atoms with Crippen LogP contribution in [0.15, 0.2) is 66.0 Å². The Hall–Kier alpha value is -3.85. The molecule has 208 valence electrons. The number of hydrogen-bond acceptors (Lipinski definition) is 5. The first-order chi connectivity index (χ1) is 19.1. The summed E-state index contributed by atoms with van der Waals surface area (Å²) in [6.45, 7) is 5.64. The van der Waals surface area contributed by atoms with Crippen LogP contribution in [0.3, 0.4) is 0 Å². The van der Waals surface area contributed by atoms with Crippen LogP contribution in [0.25, 0.3) is 22.4 Å². The molecule has 5 nitrogen and oxygen atoms in total. The van der Waals surface area contributed by atoms with E-state index in [-0.39, 0.29) is 5.92 Å². The highest BCUT2D eigenvalue weighted by molar-refractivity contribution is 7.14. The van der Waals surface area contributed by atoms with E-state index in [2.05, 4.69) is 4.90 Å². The highest BCUT2D eigenvalue weighted by Gasteiger charge is 2.30. The molecular weight excluding hydrogens is 537 g/mol. The number of nitrogens with zero attached hydrogens (tertiary/aromatic N) is 2. The number of hydrogen-bond donors (Lipinski definition) is 1. The first kappa shape index (κ1) is 27.7. The second kappa shape index (κ2) is 11.3. The number of anilines is 1. The van der Waals surface area contributed by atoms with Gasteiger partial charge in [0.2, 0.25) is 0 Å². The van der Waals surface area contributed by atoms with E-state index < -0.39 is 17.7 Å². The fourth-order valence-corrected chi connectivity index (χ4v) is 5.74. The minimum absolute atomic E-state index is 0.292. The number of benzene rings is 3. The van der Waals surface area contributed by atoms with Crippen LogP contribution in [0.4, 0.5) is 18.3 Å². The average molecular weight is 567 g/mol. The summed E-state index contributed by atoms with van der Waals surface area (Å²) in [5.74, 6) is -0.316. The molecular formula is C31H29F3N2O3S. The first-order valence-electron chi connectivity index (χ1n) is 13.0. The third-order valence-electron chi connectivity index (χ3n) is 7.29. The molecule has 0 radical (unpaired) electrons. The van der Waals surface area contributed by atoms with Crippen LogP contribution >= 0.6 is 11.3 Å². The summed E-state index contributed by atoms with van der Waals surface area (Å²) >= 11 is 1.54. The monoisotopic (exact) mass is 566 g/mol. The molecule has 4 aromatic rings. The van der Waals surface area contributed by atoms with Gasteiger partial charge in [-0.25, -0.2) is 4.98 Å². The van der Waals surface area contributed by atoms with E-state index in [1.54, 1.807) is 11.3 Å². The maximum absolute atomic E-state index is 12.9. The number of rotatable bonds is 7. The molecule has 1 aliphatic heterocycles. The number of carboxylic acids is 1. The summed E-state index contributed by atoms with van der Waals surface area (Å²) in [6, 6.07) is 16.9. The van der Waals surface area contributed by atoms with Gasteiger partial charge >= 0.3 is 12.1 Å². The Morgan fingerprint density at radius 2 is 1.73 bits per heavy atom. The number of ether oxygens (including phenoxy) is 1. The molecule has 2 heterocycles. The van der Waals surface area contributed by atoms with E-state index in [0.717, 1.165) is 56.3 Å². The smallest absolute Gasteiger partial charge is 0.416 e. The lowest BCUT2D eigenvalue weighted by molar-refractivity contribution is -0.142. The van der Waals surface area contributed by atoms with Gasteiger partial charge in [-0.05, 0) is 73.2 Å². The Bertz CT molecular complexity index is 1510. The lowest BCUT2D eigenvalue weighted by atomic mass is 9.97. The first-order valence-corrected chi connectivity index (χ1v) is 13.9. The van der Waals surface area contributed by atoms with E-state index >= 15 is 0 Å². The van der Waals surface area contributed by atoms with Gasteiger partial charge in [0.15, 0.2) is 5.13 Å². The van der Waals surface area contributed by atoms with Crippen molar-refractivity contribution >= 4 is 22.4 Å². The predicted octanol–water partition coefficient (Wildman–Crippen LogP) is 7.99. The van der Waals surface area contributed by atoms with Crippen LogP contribution in [0.1, 0.15) is 35.1 Å². The average Bonchev–Trinajstić information content (AvgIpc) is 3.43. The fraction of sp³-hybridized carbons (Fsp3) is 0.290. The number of piperidine rings is 1. The van der Waals surface area contributed by atoms with Gasteiger partial charge in [-0.2, -0.15) is 13.2 Å². The quantitative estimate of drug-likeness (QED) is 0.246. The number of aromatic nitrogens is 1. The molecule has 0 saturated carbocycles. The van der Waals surface area contributed by atoms with Gasteiger partial charge in [0, 0.05) is 24.0 Å². The van der Waals surface area contributed by atoms with E-state index in [1.165, 1.54) is 12.1 Å². The third-order valence-corrected chi connectivity index (χ3v) is 8.19. The zero-order valence-electron chi connectivity index (χ0n) is 22.2. The van der Waals surface area contributed by atoms with Gasteiger partial charge < -0.3 is 14.7 Å². The van der Waals surface area contributed by atoms with Gasteiger partial charge in [0.25, 0.3) is 0 Å². The van der Waals surface area contributed by atoms with E-state index in [9.17, 15) is 23.1 Å². The number of aliphatic carboxylic acids is 1. The second-order valence-electron chi connectivity index (χ2n) is 10.1. The summed E-state index contributed by atoms with van der Waals surface area (Å²) in [7, 11) is 0. The van der Waals surface area contributed by atoms with Crippen molar-refractivity contribution < 1.29 is 27.8 Å². The van der Waals surface area contributed by atoms with Crippen molar-refractivity contribution in [1.29, 1.82) is 0 Å². The van der Waals surface area contributed by atoms with Crippen LogP contribution in [-0.2, 0) is 17.6 Å². The van der Waals surface area contributed by atoms with Crippen LogP contribution in [0.2, 0.25) is 0 Å². The van der Waals surface area contributed by atoms with Crippen molar-refractivity contribution in [2.75, 3.05) is 18.0 Å². The lowest BCUT2D eigenvalue weighted by Crippen LogP contribution is -2.36. The Kier molecular flexibility index (Phi) is 7.85. The number of carbonyl (C=O) groups is 1. The van der Waals surface area contributed by atoms with Crippen molar-refractivity contribution in [3.63, 3.8) is 0 Å². The van der Waals surface area contributed by atoms with Crippen LogP contribution in [-0.4, -0.2) is 29.1 Å². The Morgan fingerprint density at radius 3 is 2.38 bits per heavy atom. The van der Waals surface area contributed by atoms with E-state index in [4.69, 9.17) is 9.72 Å². The lowest BCUT2D eigenvalue weighted by Gasteiger charge is -2.29. The third kappa shape index (κ3) is 6.14. The Balaban J connectivity index is 1.30. The number of halogens is 3. The number of thiazole rings is 1. The van der Waals surface area contributed by atoms with Gasteiger partial charge in [-0.3, -0.25) is 4.79 Å². The molecule has 1 fully saturated rings. The normalized spacial score (nSPS) is 14.4. The molecule has 1 aliphatic rings. The topological polar surface area (TPSA) is 62.7 Å². The molecule has 0 bridgehead atoms.